The first-order valence-corrected chi connectivity index (χ1v) is 6.67. The molecule has 9 heteroatoms. The van der Waals surface area contributed by atoms with E-state index in [9.17, 15) is 18.6 Å². The number of carboxylic acid groups (broad SMARTS) is 2. The zero-order chi connectivity index (χ0) is 14.3. The normalized spacial score (nSPS) is 15.2. The van der Waals surface area contributed by atoms with Crippen LogP contribution in [0.3, 0.4) is 0 Å². The Labute approximate surface area is 106 Å². The van der Waals surface area contributed by atoms with E-state index in [4.69, 9.17) is 10.2 Å². The second-order valence-electron chi connectivity index (χ2n) is 3.65. The molecule has 0 spiro atoms. The summed E-state index contributed by atoms with van der Waals surface area (Å²) in [7, 11) is -1.11. The maximum atomic E-state index is 11.3. The van der Waals surface area contributed by atoms with Crippen LogP contribution in [-0.2, 0) is 20.4 Å². The average Bonchev–Trinajstić information content (AvgIpc) is 2.23. The lowest BCUT2D eigenvalue weighted by molar-refractivity contribution is -0.145. The Morgan fingerprint density at radius 1 is 1.28 bits per heavy atom. The summed E-state index contributed by atoms with van der Waals surface area (Å²) < 4.78 is 11.0. The first kappa shape index (κ1) is 16.4. The molecule has 0 saturated carbocycles. The van der Waals surface area contributed by atoms with Crippen LogP contribution in [0.2, 0.25) is 0 Å². The molecule has 0 saturated heterocycles. The maximum Gasteiger partial charge on any atom is 0.326 e. The average molecular weight is 280 g/mol. The van der Waals surface area contributed by atoms with Gasteiger partial charge in [0, 0.05) is 28.9 Å². The second-order valence-corrected chi connectivity index (χ2v) is 5.45. The number of urea groups is 1. The topological polar surface area (TPSA) is 133 Å². The summed E-state index contributed by atoms with van der Waals surface area (Å²) in [5, 5.41) is 21.2. The summed E-state index contributed by atoms with van der Waals surface area (Å²) in [4.78, 5) is 32.3. The van der Waals surface area contributed by atoms with Crippen molar-refractivity contribution in [1.29, 1.82) is 0 Å². The molecule has 8 nitrogen and oxygen atoms in total. The lowest BCUT2D eigenvalue weighted by Crippen LogP contribution is -2.48. The van der Waals surface area contributed by atoms with E-state index in [2.05, 4.69) is 5.32 Å². The highest BCUT2D eigenvalue weighted by Gasteiger charge is 2.23. The number of amides is 2. The summed E-state index contributed by atoms with van der Waals surface area (Å²) in [5.74, 6) is -2.76. The van der Waals surface area contributed by atoms with Gasteiger partial charge in [-0.15, -0.1) is 0 Å². The number of carboxylic acids is 2. The van der Waals surface area contributed by atoms with Crippen LogP contribution in [0, 0.1) is 0 Å². The van der Waals surface area contributed by atoms with Gasteiger partial charge >= 0.3 is 18.0 Å². The molecule has 0 aromatic heterocycles. The largest absolute Gasteiger partial charge is 0.481 e. The van der Waals surface area contributed by atoms with Gasteiger partial charge in [-0.05, 0) is 6.92 Å². The van der Waals surface area contributed by atoms with Gasteiger partial charge in [-0.1, -0.05) is 0 Å². The zero-order valence-corrected chi connectivity index (χ0v) is 10.8. The molecule has 0 aliphatic carbocycles. The zero-order valence-electron chi connectivity index (χ0n) is 10.0. The van der Waals surface area contributed by atoms with E-state index < -0.39 is 41.2 Å². The van der Waals surface area contributed by atoms with E-state index in [1.807, 2.05) is 5.32 Å². The minimum atomic E-state index is -1.50. The van der Waals surface area contributed by atoms with Crippen LogP contribution >= 0.6 is 0 Å². The molecule has 2 amide bonds. The third-order valence-electron chi connectivity index (χ3n) is 2.10. The van der Waals surface area contributed by atoms with Crippen LogP contribution in [0.5, 0.6) is 0 Å². The Kier molecular flexibility index (Phi) is 6.94. The van der Waals surface area contributed by atoms with Crippen molar-refractivity contribution in [2.45, 2.75) is 24.6 Å². The molecule has 0 bridgehead atoms. The number of carbonyl (C=O) groups is 3. The molecule has 2 unspecified atom stereocenters. The van der Waals surface area contributed by atoms with Crippen molar-refractivity contribution < 1.29 is 28.8 Å². The van der Waals surface area contributed by atoms with Gasteiger partial charge in [0.15, 0.2) is 0 Å². The Hall–Kier alpha value is -1.64. The van der Waals surface area contributed by atoms with Crippen LogP contribution in [-0.4, -0.2) is 56.5 Å². The quantitative estimate of drug-likeness (QED) is 0.472. The standard InChI is InChI=1S/C9H16N2O6S/c1-5(18(2)17)4-10-9(16)11-6(8(14)15)3-7(12)13/h5-6H,3-4H2,1-2H3,(H,12,13)(H,14,15)(H2,10,11,16)/t5?,6-,18?/m0/s1. The third-order valence-corrected chi connectivity index (χ3v) is 3.40. The molecule has 0 aromatic rings. The van der Waals surface area contributed by atoms with Gasteiger partial charge < -0.3 is 20.8 Å². The maximum absolute atomic E-state index is 11.3. The van der Waals surface area contributed by atoms with Crippen LogP contribution in [0.25, 0.3) is 0 Å². The van der Waals surface area contributed by atoms with E-state index in [-0.39, 0.29) is 11.8 Å². The molecule has 104 valence electrons. The Bertz CT molecular complexity index is 359. The molecule has 4 N–H and O–H groups in total. The fraction of sp³-hybridized carbons (Fsp3) is 0.667. The molecular weight excluding hydrogens is 264 g/mol. The summed E-state index contributed by atoms with van der Waals surface area (Å²) in [6, 6.07) is -2.30. The van der Waals surface area contributed by atoms with Crippen LogP contribution in [0.15, 0.2) is 0 Å². The highest BCUT2D eigenvalue weighted by Crippen LogP contribution is 1.93. The molecule has 0 radical (unpaired) electrons. The number of rotatable bonds is 7. The van der Waals surface area contributed by atoms with Crippen molar-refractivity contribution in [3.8, 4) is 0 Å². The highest BCUT2D eigenvalue weighted by atomic mass is 32.2. The van der Waals surface area contributed by atoms with Crippen LogP contribution < -0.4 is 10.6 Å². The number of aliphatic carboxylic acids is 2. The Morgan fingerprint density at radius 3 is 2.22 bits per heavy atom. The van der Waals surface area contributed by atoms with E-state index >= 15 is 0 Å². The van der Waals surface area contributed by atoms with Gasteiger partial charge in [0.25, 0.3) is 0 Å². The van der Waals surface area contributed by atoms with Crippen molar-refractivity contribution in [2.24, 2.45) is 0 Å². The van der Waals surface area contributed by atoms with Gasteiger partial charge in [-0.2, -0.15) is 0 Å². The van der Waals surface area contributed by atoms with Crippen molar-refractivity contribution in [1.82, 2.24) is 10.6 Å². The molecule has 0 rings (SSSR count). The van der Waals surface area contributed by atoms with Crippen molar-refractivity contribution in [3.63, 3.8) is 0 Å². The SMILES string of the molecule is CC(CNC(=O)N[C@@H](CC(=O)O)C(=O)O)S(C)=O. The van der Waals surface area contributed by atoms with Crippen LogP contribution in [0.1, 0.15) is 13.3 Å². The Morgan fingerprint density at radius 2 is 1.83 bits per heavy atom. The number of nitrogens with one attached hydrogen (secondary N) is 2. The fourth-order valence-electron chi connectivity index (χ4n) is 0.938. The van der Waals surface area contributed by atoms with Gasteiger partial charge in [0.05, 0.1) is 6.42 Å². The molecular formula is C9H16N2O6S. The van der Waals surface area contributed by atoms with E-state index in [1.165, 1.54) is 6.26 Å². The first-order chi connectivity index (χ1) is 8.23. The van der Waals surface area contributed by atoms with Gasteiger partial charge in [0.1, 0.15) is 6.04 Å². The first-order valence-electron chi connectivity index (χ1n) is 5.05. The molecule has 0 fully saturated rings. The third kappa shape index (κ3) is 6.84. The number of carbonyl (C=O) groups excluding carboxylic acids is 1. The predicted octanol–water partition coefficient (Wildman–Crippen LogP) is -1.02. The van der Waals surface area contributed by atoms with Gasteiger partial charge in [-0.25, -0.2) is 9.59 Å². The highest BCUT2D eigenvalue weighted by molar-refractivity contribution is 7.84. The monoisotopic (exact) mass is 280 g/mol. The van der Waals surface area contributed by atoms with Crippen LogP contribution in [0.4, 0.5) is 4.79 Å². The van der Waals surface area contributed by atoms with Gasteiger partial charge in [-0.3, -0.25) is 9.00 Å². The summed E-state index contributed by atoms with van der Waals surface area (Å²) >= 11 is 0. The van der Waals surface area contributed by atoms with Crippen molar-refractivity contribution in [2.75, 3.05) is 12.8 Å². The minimum absolute atomic E-state index is 0.106. The number of hydrogen-bond donors (Lipinski definition) is 4. The molecule has 0 aromatic carbocycles. The molecule has 0 heterocycles. The van der Waals surface area contributed by atoms with E-state index in [1.54, 1.807) is 6.92 Å². The fourth-order valence-corrected chi connectivity index (χ4v) is 1.26. The van der Waals surface area contributed by atoms with E-state index in [0.29, 0.717) is 0 Å². The molecule has 3 atom stereocenters. The summed E-state index contributed by atoms with van der Waals surface area (Å²) in [6.07, 6.45) is 0.771. The molecule has 0 aliphatic heterocycles. The van der Waals surface area contributed by atoms with Crippen molar-refractivity contribution >= 4 is 28.8 Å². The smallest absolute Gasteiger partial charge is 0.326 e. The summed E-state index contributed by atoms with van der Waals surface area (Å²) in [6.45, 7) is 1.76. The molecule has 0 aliphatic rings. The summed E-state index contributed by atoms with van der Waals surface area (Å²) in [5.41, 5.74) is 0. The predicted molar refractivity (Wildman–Crippen MR) is 63.7 cm³/mol. The van der Waals surface area contributed by atoms with E-state index in [0.717, 1.165) is 0 Å². The Balaban J connectivity index is 4.22. The molecule has 18 heavy (non-hydrogen) atoms. The second kappa shape index (κ2) is 7.64. The number of hydrogen-bond acceptors (Lipinski definition) is 4. The lowest BCUT2D eigenvalue weighted by Gasteiger charge is -2.14. The minimum Gasteiger partial charge on any atom is -0.481 e. The lowest BCUT2D eigenvalue weighted by atomic mass is 10.2. The van der Waals surface area contributed by atoms with Crippen molar-refractivity contribution in [3.05, 3.63) is 0 Å². The van der Waals surface area contributed by atoms with Gasteiger partial charge in [0.2, 0.25) is 0 Å².